The summed E-state index contributed by atoms with van der Waals surface area (Å²) < 4.78 is 17.5. The maximum atomic E-state index is 12.6. The van der Waals surface area contributed by atoms with Crippen molar-refractivity contribution in [3.63, 3.8) is 0 Å². The van der Waals surface area contributed by atoms with Crippen LogP contribution in [0.3, 0.4) is 0 Å². The van der Waals surface area contributed by atoms with E-state index in [-0.39, 0.29) is 16.7 Å². The van der Waals surface area contributed by atoms with Gasteiger partial charge in [-0.1, -0.05) is 0 Å². The molecule has 0 amide bonds. The third kappa shape index (κ3) is 2.40. The summed E-state index contributed by atoms with van der Waals surface area (Å²) in [4.78, 5) is 15.0. The molecule has 2 rings (SSSR count). The largest absolute Gasteiger partial charge is 0.476 e. The maximum Gasteiger partial charge on any atom is 0.357 e. The summed E-state index contributed by atoms with van der Waals surface area (Å²) in [7, 11) is 0. The van der Waals surface area contributed by atoms with Gasteiger partial charge in [-0.05, 0) is 36.0 Å². The Morgan fingerprint density at radius 2 is 2.06 bits per heavy atom. The van der Waals surface area contributed by atoms with Gasteiger partial charge in [-0.2, -0.15) is 4.98 Å². The third-order valence-electron chi connectivity index (χ3n) is 1.72. The van der Waals surface area contributed by atoms with Crippen LogP contribution in [0.2, 0.25) is 0 Å². The van der Waals surface area contributed by atoms with Gasteiger partial charge in [0.2, 0.25) is 0 Å². The number of halogens is 1. The predicted molar refractivity (Wildman–Crippen MR) is 54.0 cm³/mol. The molecule has 1 aromatic heterocycles. The van der Waals surface area contributed by atoms with Gasteiger partial charge in [-0.15, -0.1) is 0 Å². The number of carboxylic acids is 1. The standard InChI is InChI=1S/C10H6FNO3S/c11-6-1-3-7(4-2-6)16-10-12-8(5-15-10)9(13)14/h1-5H,(H,13,14). The third-order valence-corrected chi connectivity index (χ3v) is 2.59. The molecule has 0 unspecified atom stereocenters. The van der Waals surface area contributed by atoms with Crippen LogP contribution in [0.25, 0.3) is 0 Å². The Morgan fingerprint density at radius 3 is 2.62 bits per heavy atom. The fourth-order valence-electron chi connectivity index (χ4n) is 1.01. The van der Waals surface area contributed by atoms with Crippen LogP contribution in [-0.2, 0) is 0 Å². The lowest BCUT2D eigenvalue weighted by Gasteiger charge is -1.95. The summed E-state index contributed by atoms with van der Waals surface area (Å²) in [5.74, 6) is -1.47. The number of oxazole rings is 1. The van der Waals surface area contributed by atoms with Crippen molar-refractivity contribution in [3.05, 3.63) is 42.0 Å². The molecule has 1 N–H and O–H groups in total. The Kier molecular flexibility index (Phi) is 2.91. The summed E-state index contributed by atoms with van der Waals surface area (Å²) in [6, 6.07) is 5.74. The molecule has 0 aliphatic rings. The zero-order valence-electron chi connectivity index (χ0n) is 7.88. The highest BCUT2D eigenvalue weighted by atomic mass is 32.2. The number of carboxylic acid groups (broad SMARTS) is 1. The van der Waals surface area contributed by atoms with Gasteiger partial charge in [-0.25, -0.2) is 9.18 Å². The number of hydrogen-bond donors (Lipinski definition) is 1. The van der Waals surface area contributed by atoms with E-state index in [1.54, 1.807) is 12.1 Å². The van der Waals surface area contributed by atoms with Crippen molar-refractivity contribution < 1.29 is 18.7 Å². The lowest BCUT2D eigenvalue weighted by Crippen LogP contribution is -1.95. The fourth-order valence-corrected chi connectivity index (χ4v) is 1.72. The van der Waals surface area contributed by atoms with Crippen molar-refractivity contribution >= 4 is 17.7 Å². The second-order valence-electron chi connectivity index (χ2n) is 2.86. The first-order valence-corrected chi connectivity index (χ1v) is 5.09. The first-order valence-electron chi connectivity index (χ1n) is 4.27. The summed E-state index contributed by atoms with van der Waals surface area (Å²) in [6.45, 7) is 0. The molecule has 16 heavy (non-hydrogen) atoms. The molecule has 0 saturated carbocycles. The zero-order chi connectivity index (χ0) is 11.5. The number of rotatable bonds is 3. The lowest BCUT2D eigenvalue weighted by atomic mass is 10.4. The molecule has 6 heteroatoms. The highest BCUT2D eigenvalue weighted by Crippen LogP contribution is 2.26. The SMILES string of the molecule is O=C(O)c1coc(Sc2ccc(F)cc2)n1. The molecule has 1 aromatic carbocycles. The normalized spacial score (nSPS) is 10.3. The first kappa shape index (κ1) is 10.7. The van der Waals surface area contributed by atoms with Crippen molar-refractivity contribution in [1.29, 1.82) is 0 Å². The van der Waals surface area contributed by atoms with Crippen molar-refractivity contribution in [1.82, 2.24) is 4.98 Å². The highest BCUT2D eigenvalue weighted by Gasteiger charge is 2.11. The molecule has 0 fully saturated rings. The summed E-state index contributed by atoms with van der Waals surface area (Å²) in [6.07, 6.45) is 1.06. The van der Waals surface area contributed by atoms with Crippen LogP contribution in [0.4, 0.5) is 4.39 Å². The number of aromatic carboxylic acids is 1. The van der Waals surface area contributed by atoms with Crippen molar-refractivity contribution in [2.75, 3.05) is 0 Å². The number of carbonyl (C=O) groups is 1. The smallest absolute Gasteiger partial charge is 0.357 e. The summed E-state index contributed by atoms with van der Waals surface area (Å²) >= 11 is 1.13. The first-order chi connectivity index (χ1) is 7.65. The molecule has 0 aliphatic carbocycles. The van der Waals surface area contributed by atoms with Crippen LogP contribution in [0.15, 0.2) is 45.1 Å². The minimum absolute atomic E-state index is 0.149. The van der Waals surface area contributed by atoms with Gasteiger partial charge in [0.25, 0.3) is 5.22 Å². The van der Waals surface area contributed by atoms with E-state index in [2.05, 4.69) is 4.98 Å². The van der Waals surface area contributed by atoms with E-state index in [1.807, 2.05) is 0 Å². The second kappa shape index (κ2) is 4.36. The monoisotopic (exact) mass is 239 g/mol. The Labute approximate surface area is 94.1 Å². The van der Waals surface area contributed by atoms with E-state index in [0.717, 1.165) is 22.9 Å². The maximum absolute atomic E-state index is 12.6. The summed E-state index contributed by atoms with van der Waals surface area (Å²) in [5, 5.41) is 8.83. The van der Waals surface area contributed by atoms with Crippen molar-refractivity contribution in [2.24, 2.45) is 0 Å². The molecule has 0 atom stereocenters. The molecule has 0 radical (unpaired) electrons. The van der Waals surface area contributed by atoms with Gasteiger partial charge in [0.1, 0.15) is 12.1 Å². The van der Waals surface area contributed by atoms with E-state index in [1.165, 1.54) is 12.1 Å². The molecule has 0 spiro atoms. The van der Waals surface area contributed by atoms with E-state index >= 15 is 0 Å². The van der Waals surface area contributed by atoms with Gasteiger partial charge >= 0.3 is 5.97 Å². The highest BCUT2D eigenvalue weighted by molar-refractivity contribution is 7.99. The van der Waals surface area contributed by atoms with Crippen LogP contribution in [0.1, 0.15) is 10.5 Å². The van der Waals surface area contributed by atoms with Crippen LogP contribution in [0.5, 0.6) is 0 Å². The molecule has 1 heterocycles. The molecule has 82 valence electrons. The van der Waals surface area contributed by atoms with E-state index in [0.29, 0.717) is 0 Å². The minimum atomic E-state index is -1.14. The van der Waals surface area contributed by atoms with Gasteiger partial charge < -0.3 is 9.52 Å². The number of hydrogen-bond acceptors (Lipinski definition) is 4. The lowest BCUT2D eigenvalue weighted by molar-refractivity contribution is 0.0690. The quantitative estimate of drug-likeness (QED) is 0.892. The average molecular weight is 239 g/mol. The topological polar surface area (TPSA) is 63.3 Å². The van der Waals surface area contributed by atoms with Gasteiger partial charge in [0.15, 0.2) is 5.69 Å². The van der Waals surface area contributed by atoms with E-state index in [4.69, 9.17) is 9.52 Å². The predicted octanol–water partition coefficient (Wildman–Crippen LogP) is 2.66. The molecular weight excluding hydrogens is 233 g/mol. The Hall–Kier alpha value is -1.82. The Bertz CT molecular complexity index is 509. The molecule has 4 nitrogen and oxygen atoms in total. The molecule has 0 aliphatic heterocycles. The Morgan fingerprint density at radius 1 is 1.38 bits per heavy atom. The number of nitrogens with zero attached hydrogens (tertiary/aromatic N) is 1. The molecule has 0 bridgehead atoms. The van der Waals surface area contributed by atoms with Crippen LogP contribution in [-0.4, -0.2) is 16.1 Å². The molecule has 2 aromatic rings. The Balaban J connectivity index is 2.14. The summed E-state index contributed by atoms with van der Waals surface area (Å²) in [5.41, 5.74) is -0.149. The minimum Gasteiger partial charge on any atom is -0.476 e. The van der Waals surface area contributed by atoms with E-state index in [9.17, 15) is 9.18 Å². The number of aromatic nitrogens is 1. The van der Waals surface area contributed by atoms with Gasteiger partial charge in [0, 0.05) is 4.90 Å². The van der Waals surface area contributed by atoms with Crippen LogP contribution < -0.4 is 0 Å². The number of benzene rings is 1. The average Bonchev–Trinajstić information content (AvgIpc) is 2.70. The van der Waals surface area contributed by atoms with Gasteiger partial charge in [0.05, 0.1) is 0 Å². The molecular formula is C10H6FNO3S. The molecule has 0 saturated heterocycles. The van der Waals surface area contributed by atoms with Crippen molar-refractivity contribution in [2.45, 2.75) is 10.1 Å². The zero-order valence-corrected chi connectivity index (χ0v) is 8.70. The van der Waals surface area contributed by atoms with E-state index < -0.39 is 5.97 Å². The van der Waals surface area contributed by atoms with Crippen molar-refractivity contribution in [3.8, 4) is 0 Å². The van der Waals surface area contributed by atoms with Gasteiger partial charge in [-0.3, -0.25) is 0 Å². The van der Waals surface area contributed by atoms with Crippen LogP contribution in [0, 0.1) is 5.82 Å². The fraction of sp³-hybridized carbons (Fsp3) is 0. The van der Waals surface area contributed by atoms with Crippen LogP contribution >= 0.6 is 11.8 Å². The second-order valence-corrected chi connectivity index (χ2v) is 3.88.